The molecule has 3 aromatic rings. The van der Waals surface area contributed by atoms with Crippen LogP contribution in [0.1, 0.15) is 63.9 Å². The molecule has 3 aromatic carbocycles. The number of anilines is 1. The number of aryl methyl sites for hydroxylation is 1. The monoisotopic (exact) mass is 683 g/mol. The molecule has 1 fully saturated rings. The molecule has 3 amide bonds. The van der Waals surface area contributed by atoms with Gasteiger partial charge in [-0.05, 0) is 85.3 Å². The zero-order valence-corrected chi connectivity index (χ0v) is 24.8. The maximum atomic E-state index is 14.9. The lowest BCUT2D eigenvalue weighted by atomic mass is 9.98. The van der Waals surface area contributed by atoms with E-state index in [2.05, 4.69) is 26.6 Å². The Morgan fingerprint density at radius 3 is 2.39 bits per heavy atom. The quantitative estimate of drug-likeness (QED) is 0.145. The summed E-state index contributed by atoms with van der Waals surface area (Å²) >= 11 is 2.99. The van der Waals surface area contributed by atoms with Crippen LogP contribution < -0.4 is 21.1 Å². The Labute approximate surface area is 257 Å². The van der Waals surface area contributed by atoms with Gasteiger partial charge in [0.15, 0.2) is 0 Å². The average Bonchev–Trinajstić information content (AvgIpc) is 3.79. The smallest absolute Gasteiger partial charge is 0.416 e. The molecule has 4 rings (SSSR count). The Bertz CT molecular complexity index is 1580. The summed E-state index contributed by atoms with van der Waals surface area (Å²) in [7, 11) is 0. The second-order valence-electron chi connectivity index (χ2n) is 10.1. The minimum atomic E-state index is -4.77. The molecular weight excluding hydrogens is 657 g/mol. The molecule has 0 radical (unpaired) electrons. The summed E-state index contributed by atoms with van der Waals surface area (Å²) in [6.45, 7) is 1.52. The number of rotatable bonds is 11. The summed E-state index contributed by atoms with van der Waals surface area (Å²) in [6, 6.07) is 8.74. The van der Waals surface area contributed by atoms with Gasteiger partial charge in [0.2, 0.25) is 5.91 Å². The van der Waals surface area contributed by atoms with Crippen LogP contribution in [-0.2, 0) is 15.7 Å². The molecule has 234 valence electrons. The van der Waals surface area contributed by atoms with Crippen molar-refractivity contribution >= 4 is 39.5 Å². The van der Waals surface area contributed by atoms with E-state index in [9.17, 15) is 36.3 Å². The number of amides is 3. The Morgan fingerprint density at radius 2 is 1.77 bits per heavy atom. The van der Waals surface area contributed by atoms with Crippen LogP contribution in [0.15, 0.2) is 48.5 Å². The van der Waals surface area contributed by atoms with Crippen LogP contribution in [0.2, 0.25) is 0 Å². The number of benzene rings is 3. The number of ether oxygens (including phenoxy) is 2. The number of hydrogen-bond acceptors (Lipinski definition) is 5. The third kappa shape index (κ3) is 8.24. The van der Waals surface area contributed by atoms with Crippen molar-refractivity contribution in [2.24, 2.45) is 5.73 Å². The molecule has 1 aliphatic carbocycles. The maximum Gasteiger partial charge on any atom is 0.416 e. The molecule has 4 N–H and O–H groups in total. The van der Waals surface area contributed by atoms with Gasteiger partial charge >= 0.3 is 12.3 Å². The fourth-order valence-electron chi connectivity index (χ4n) is 4.56. The van der Waals surface area contributed by atoms with Gasteiger partial charge in [0, 0.05) is 24.2 Å². The van der Waals surface area contributed by atoms with Crippen LogP contribution in [0, 0.1) is 18.6 Å². The highest BCUT2D eigenvalue weighted by atomic mass is 79.9. The van der Waals surface area contributed by atoms with E-state index in [1.807, 2.05) is 0 Å². The van der Waals surface area contributed by atoms with E-state index in [1.165, 1.54) is 24.3 Å². The molecule has 1 unspecified atom stereocenters. The Balaban J connectivity index is 1.70. The van der Waals surface area contributed by atoms with E-state index in [0.717, 1.165) is 18.2 Å². The van der Waals surface area contributed by atoms with Crippen molar-refractivity contribution in [3.8, 4) is 11.5 Å². The molecule has 0 heterocycles. The zero-order valence-electron chi connectivity index (χ0n) is 23.2. The molecule has 0 spiro atoms. The fourth-order valence-corrected chi connectivity index (χ4v) is 4.75. The molecule has 1 aliphatic rings. The molecule has 1 saturated carbocycles. The molecule has 0 bridgehead atoms. The summed E-state index contributed by atoms with van der Waals surface area (Å²) in [6.07, 6.45) is -6.27. The van der Waals surface area contributed by atoms with Gasteiger partial charge in [0.1, 0.15) is 29.2 Å². The predicted molar refractivity (Wildman–Crippen MR) is 154 cm³/mol. The first-order valence-corrected chi connectivity index (χ1v) is 14.5. The Kier molecular flexibility index (Phi) is 10.1. The molecule has 1 atom stereocenters. The van der Waals surface area contributed by atoms with E-state index in [1.54, 1.807) is 6.92 Å². The lowest BCUT2D eigenvalue weighted by molar-refractivity contribution is -0.138. The molecule has 0 saturated heterocycles. The van der Waals surface area contributed by atoms with Gasteiger partial charge in [-0.15, -0.1) is 0 Å². The highest BCUT2D eigenvalue weighted by Crippen LogP contribution is 2.48. The van der Waals surface area contributed by atoms with Crippen LogP contribution in [0.5, 0.6) is 11.5 Å². The number of nitrogens with two attached hydrogens (primary N) is 1. The van der Waals surface area contributed by atoms with E-state index < -0.39 is 47.0 Å². The van der Waals surface area contributed by atoms with Gasteiger partial charge in [-0.3, -0.25) is 9.59 Å². The molecule has 8 nitrogen and oxygen atoms in total. The van der Waals surface area contributed by atoms with Crippen molar-refractivity contribution in [3.63, 3.8) is 0 Å². The lowest BCUT2D eigenvalue weighted by Crippen LogP contribution is -2.28. The minimum absolute atomic E-state index is 0.00827. The van der Waals surface area contributed by atoms with Crippen molar-refractivity contribution in [2.45, 2.75) is 44.4 Å². The highest BCUT2D eigenvalue weighted by molar-refractivity contribution is 9.09. The molecule has 0 aromatic heterocycles. The predicted octanol–water partition coefficient (Wildman–Crippen LogP) is 7.25. The maximum absolute atomic E-state index is 14.9. The van der Waals surface area contributed by atoms with Crippen LogP contribution >= 0.6 is 15.9 Å². The molecule has 0 aliphatic heterocycles. The standard InChI is InChI=1S/C30H27BrF5N3O5/c1-15-10-17(32)4-7-24(15)43-26-13-19(16-2-3-16)22(30(34,35)36)12-21(26)28(41)39-18-5-6-23(33)20(11-18)25(44-29(37)42)8-9-38-27(40)14-31/h4-7,10-13,16,25H,2-3,8-9,14H2,1H3,(H2,37,42)(H,38,40)(H,39,41). The number of nitrogens with one attached hydrogen (secondary N) is 2. The fraction of sp³-hybridized carbons (Fsp3) is 0.300. The van der Waals surface area contributed by atoms with Gasteiger partial charge in [-0.2, -0.15) is 13.2 Å². The molecule has 44 heavy (non-hydrogen) atoms. The lowest BCUT2D eigenvalue weighted by Gasteiger charge is -2.20. The third-order valence-electron chi connectivity index (χ3n) is 6.79. The van der Waals surface area contributed by atoms with Crippen molar-refractivity contribution < 1.29 is 45.8 Å². The number of hydrogen-bond donors (Lipinski definition) is 3. The topological polar surface area (TPSA) is 120 Å². The second kappa shape index (κ2) is 13.6. The highest BCUT2D eigenvalue weighted by Gasteiger charge is 2.40. The van der Waals surface area contributed by atoms with Crippen molar-refractivity contribution in [1.29, 1.82) is 0 Å². The normalized spacial score (nSPS) is 13.6. The van der Waals surface area contributed by atoms with Gasteiger partial charge < -0.3 is 25.8 Å². The number of alkyl halides is 4. The minimum Gasteiger partial charge on any atom is -0.456 e. The first-order valence-electron chi connectivity index (χ1n) is 13.4. The van der Waals surface area contributed by atoms with Crippen molar-refractivity contribution in [3.05, 3.63) is 88.0 Å². The number of halogens is 6. The van der Waals surface area contributed by atoms with E-state index in [4.69, 9.17) is 15.2 Å². The summed E-state index contributed by atoms with van der Waals surface area (Å²) in [5.74, 6) is -3.18. The summed E-state index contributed by atoms with van der Waals surface area (Å²) in [5, 5.41) is 4.98. The number of carbonyl (C=O) groups excluding carboxylic acids is 3. The van der Waals surface area contributed by atoms with E-state index >= 15 is 0 Å². The van der Waals surface area contributed by atoms with Crippen LogP contribution in [0.3, 0.4) is 0 Å². The first-order chi connectivity index (χ1) is 20.8. The first kappa shape index (κ1) is 32.7. The Hall–Kier alpha value is -4.20. The second-order valence-corrected chi connectivity index (χ2v) is 10.7. The SMILES string of the molecule is Cc1cc(F)ccc1Oc1cc(C2CC2)c(C(F)(F)F)cc1C(=O)Nc1ccc(F)c(C(CCNC(=O)CBr)OC(N)=O)c1. The van der Waals surface area contributed by atoms with Crippen molar-refractivity contribution in [1.82, 2.24) is 5.32 Å². The van der Waals surface area contributed by atoms with Crippen LogP contribution in [0.25, 0.3) is 0 Å². The molecular formula is C30H27BrF5N3O5. The third-order valence-corrected chi connectivity index (χ3v) is 7.29. The number of primary amides is 1. The van der Waals surface area contributed by atoms with Gasteiger partial charge in [-0.1, -0.05) is 15.9 Å². The largest absolute Gasteiger partial charge is 0.456 e. The van der Waals surface area contributed by atoms with E-state index in [0.29, 0.717) is 24.5 Å². The molecule has 14 heteroatoms. The van der Waals surface area contributed by atoms with E-state index in [-0.39, 0.29) is 58.4 Å². The van der Waals surface area contributed by atoms with Crippen LogP contribution in [0.4, 0.5) is 32.4 Å². The van der Waals surface area contributed by atoms with Crippen molar-refractivity contribution in [2.75, 3.05) is 17.2 Å². The Morgan fingerprint density at radius 1 is 1.05 bits per heavy atom. The summed E-state index contributed by atoms with van der Waals surface area (Å²) in [4.78, 5) is 36.5. The van der Waals surface area contributed by atoms with Crippen LogP contribution in [-0.4, -0.2) is 29.8 Å². The number of carbonyl (C=O) groups is 3. The van der Waals surface area contributed by atoms with Gasteiger partial charge in [0.25, 0.3) is 5.91 Å². The summed E-state index contributed by atoms with van der Waals surface area (Å²) in [5.41, 5.74) is 3.76. The average molecular weight is 684 g/mol. The zero-order chi connectivity index (χ0) is 32.2. The van der Waals surface area contributed by atoms with Gasteiger partial charge in [0.05, 0.1) is 16.5 Å². The summed E-state index contributed by atoms with van der Waals surface area (Å²) < 4.78 is 81.7. The van der Waals surface area contributed by atoms with Gasteiger partial charge in [-0.25, -0.2) is 13.6 Å².